The molecular formula is C23H27N5O5S. The number of carboxylic acids is 1. The van der Waals surface area contributed by atoms with Crippen LogP contribution in [0.15, 0.2) is 47.8 Å². The molecule has 0 spiro atoms. The number of carbonyl (C=O) groups excluding carboxylic acids is 1. The number of carboxylic acid groups (broad SMARTS) is 1. The second-order valence-electron chi connectivity index (χ2n) is 6.81. The largest absolute Gasteiger partial charge is 0.496 e. The predicted octanol–water partition coefficient (Wildman–Crippen LogP) is 4.01. The number of anilines is 2. The van der Waals surface area contributed by atoms with E-state index >= 15 is 0 Å². The van der Waals surface area contributed by atoms with Crippen LogP contribution in [0.3, 0.4) is 0 Å². The van der Waals surface area contributed by atoms with Crippen LogP contribution >= 0.6 is 11.3 Å². The van der Waals surface area contributed by atoms with E-state index in [1.54, 1.807) is 14.2 Å². The normalized spacial score (nSPS) is 9.76. The van der Waals surface area contributed by atoms with E-state index in [1.165, 1.54) is 18.3 Å². The summed E-state index contributed by atoms with van der Waals surface area (Å²) in [5.41, 5.74) is 3.27. The van der Waals surface area contributed by atoms with Gasteiger partial charge in [-0.2, -0.15) is 0 Å². The van der Waals surface area contributed by atoms with Gasteiger partial charge in [0.15, 0.2) is 11.1 Å². The molecule has 0 unspecified atom stereocenters. The van der Waals surface area contributed by atoms with E-state index in [-0.39, 0.29) is 11.9 Å². The van der Waals surface area contributed by atoms with Crippen molar-refractivity contribution in [3.05, 3.63) is 53.4 Å². The zero-order valence-corrected chi connectivity index (χ0v) is 20.1. The molecule has 3 aromatic rings. The Morgan fingerprint density at radius 3 is 2.15 bits per heavy atom. The maximum atomic E-state index is 11.1. The van der Waals surface area contributed by atoms with Gasteiger partial charge in [-0.15, -0.1) is 11.3 Å². The highest BCUT2D eigenvalue weighted by atomic mass is 32.1. The molecule has 1 heterocycles. The van der Waals surface area contributed by atoms with Crippen molar-refractivity contribution < 1.29 is 24.2 Å². The summed E-state index contributed by atoms with van der Waals surface area (Å²) in [4.78, 5) is 24.6. The Bertz CT molecular complexity index is 1100. The number of aliphatic carboxylic acids is 1. The molecular weight excluding hydrogens is 458 g/mol. The average molecular weight is 486 g/mol. The molecule has 2 aromatic carbocycles. The van der Waals surface area contributed by atoms with Crippen molar-refractivity contribution in [2.75, 3.05) is 24.9 Å². The summed E-state index contributed by atoms with van der Waals surface area (Å²) in [6.45, 7) is 2.92. The molecule has 1 aromatic heterocycles. The minimum absolute atomic E-state index is 0.111. The lowest BCUT2D eigenvalue weighted by molar-refractivity contribution is -0.134. The van der Waals surface area contributed by atoms with Crippen LogP contribution in [0.5, 0.6) is 11.5 Å². The Balaban J connectivity index is 0.000000945. The smallest absolute Gasteiger partial charge is 0.300 e. The highest BCUT2D eigenvalue weighted by Gasteiger charge is 2.11. The average Bonchev–Trinajstić information content (AvgIpc) is 3.25. The first-order chi connectivity index (χ1) is 16.2. The van der Waals surface area contributed by atoms with E-state index in [1.807, 2.05) is 47.8 Å². The highest BCUT2D eigenvalue weighted by Crippen LogP contribution is 2.28. The summed E-state index contributed by atoms with van der Waals surface area (Å²) >= 11 is 1.40. The van der Waals surface area contributed by atoms with Gasteiger partial charge in [0.05, 0.1) is 32.0 Å². The quantitative estimate of drug-likeness (QED) is 0.249. The van der Waals surface area contributed by atoms with Crippen LogP contribution < -0.4 is 25.4 Å². The van der Waals surface area contributed by atoms with E-state index in [0.717, 1.165) is 29.4 Å². The SMILES string of the molecule is CC(=O)O.COc1cccc(OC)c1CNC(=N)Nc1nc(-c2ccc(NC(C)=O)cc2)cs1. The third-order valence-electron chi connectivity index (χ3n) is 4.21. The van der Waals surface area contributed by atoms with Gasteiger partial charge in [0, 0.05) is 30.5 Å². The van der Waals surface area contributed by atoms with Crippen molar-refractivity contribution in [2.45, 2.75) is 20.4 Å². The molecule has 11 heteroatoms. The lowest BCUT2D eigenvalue weighted by atomic mass is 10.1. The number of ether oxygens (including phenoxy) is 2. The summed E-state index contributed by atoms with van der Waals surface area (Å²) in [6.07, 6.45) is 0. The van der Waals surface area contributed by atoms with Crippen LogP contribution in [-0.4, -0.2) is 42.1 Å². The highest BCUT2D eigenvalue weighted by molar-refractivity contribution is 7.14. The molecule has 0 saturated carbocycles. The number of benzene rings is 2. The van der Waals surface area contributed by atoms with Crippen LogP contribution in [0.4, 0.5) is 10.8 Å². The zero-order valence-electron chi connectivity index (χ0n) is 19.3. The van der Waals surface area contributed by atoms with Gasteiger partial charge in [0.2, 0.25) is 5.91 Å². The van der Waals surface area contributed by atoms with Gasteiger partial charge in [-0.1, -0.05) is 18.2 Å². The van der Waals surface area contributed by atoms with Gasteiger partial charge in [-0.25, -0.2) is 4.98 Å². The minimum Gasteiger partial charge on any atom is -0.496 e. The standard InChI is InChI=1S/C21H23N5O3S.C2H4O2/c1-13(27)24-15-9-7-14(8-10-15)17-12-30-21(25-17)26-20(22)23-11-16-18(28-2)5-4-6-19(16)29-3;1-2(3)4/h4-10,12H,11H2,1-3H3,(H,24,27)(H3,22,23,25,26);1H3,(H,3,4). The number of nitrogens with zero attached hydrogens (tertiary/aromatic N) is 1. The molecule has 1 amide bonds. The topological polar surface area (TPSA) is 146 Å². The molecule has 0 aliphatic rings. The van der Waals surface area contributed by atoms with Crippen molar-refractivity contribution in [2.24, 2.45) is 0 Å². The van der Waals surface area contributed by atoms with Crippen molar-refractivity contribution in [1.29, 1.82) is 5.41 Å². The fourth-order valence-corrected chi connectivity index (χ4v) is 3.55. The Morgan fingerprint density at radius 2 is 1.62 bits per heavy atom. The Morgan fingerprint density at radius 1 is 1.03 bits per heavy atom. The van der Waals surface area contributed by atoms with E-state index in [9.17, 15) is 4.79 Å². The second kappa shape index (κ2) is 12.8. The van der Waals surface area contributed by atoms with Crippen molar-refractivity contribution >= 4 is 40.0 Å². The van der Waals surface area contributed by atoms with Crippen LogP contribution in [0.25, 0.3) is 11.3 Å². The number of hydrogen-bond acceptors (Lipinski definition) is 7. The molecule has 0 atom stereocenters. The molecule has 10 nitrogen and oxygen atoms in total. The van der Waals surface area contributed by atoms with Crippen molar-refractivity contribution in [1.82, 2.24) is 10.3 Å². The minimum atomic E-state index is -0.833. The number of guanidine groups is 1. The fraction of sp³-hybridized carbons (Fsp3) is 0.217. The molecule has 3 rings (SSSR count). The van der Waals surface area contributed by atoms with Gasteiger partial charge in [0.25, 0.3) is 5.97 Å². The number of thiazole rings is 1. The van der Waals surface area contributed by atoms with E-state index in [0.29, 0.717) is 23.2 Å². The number of aromatic nitrogens is 1. The first kappa shape index (κ1) is 26.1. The van der Waals surface area contributed by atoms with E-state index in [4.69, 9.17) is 24.8 Å². The lowest BCUT2D eigenvalue weighted by Gasteiger charge is -2.14. The van der Waals surface area contributed by atoms with Crippen LogP contribution in [0.2, 0.25) is 0 Å². The fourth-order valence-electron chi connectivity index (χ4n) is 2.82. The van der Waals surface area contributed by atoms with Crippen LogP contribution in [0.1, 0.15) is 19.4 Å². The molecule has 5 N–H and O–H groups in total. The number of hydrogen-bond donors (Lipinski definition) is 5. The van der Waals surface area contributed by atoms with Crippen molar-refractivity contribution in [3.63, 3.8) is 0 Å². The van der Waals surface area contributed by atoms with E-state index in [2.05, 4.69) is 20.9 Å². The van der Waals surface area contributed by atoms with Gasteiger partial charge in [-0.3, -0.25) is 15.0 Å². The van der Waals surface area contributed by atoms with Gasteiger partial charge in [-0.05, 0) is 24.3 Å². The Labute approximate surface area is 201 Å². The molecule has 0 aliphatic carbocycles. The number of rotatable bonds is 7. The maximum absolute atomic E-state index is 11.1. The summed E-state index contributed by atoms with van der Waals surface area (Å²) < 4.78 is 10.8. The van der Waals surface area contributed by atoms with E-state index < -0.39 is 5.97 Å². The van der Waals surface area contributed by atoms with Crippen LogP contribution in [0, 0.1) is 5.41 Å². The second-order valence-corrected chi connectivity index (χ2v) is 7.67. The number of amides is 1. The van der Waals surface area contributed by atoms with Crippen LogP contribution in [-0.2, 0) is 16.1 Å². The molecule has 0 bridgehead atoms. The summed E-state index contributed by atoms with van der Waals surface area (Å²) in [5, 5.41) is 26.8. The number of nitrogens with one attached hydrogen (secondary N) is 4. The van der Waals surface area contributed by atoms with Gasteiger partial charge < -0.3 is 30.5 Å². The Hall–Kier alpha value is -4.12. The lowest BCUT2D eigenvalue weighted by Crippen LogP contribution is -2.29. The number of methoxy groups -OCH3 is 2. The maximum Gasteiger partial charge on any atom is 0.300 e. The summed E-state index contributed by atoms with van der Waals surface area (Å²) in [5.74, 6) is 0.548. The monoisotopic (exact) mass is 485 g/mol. The first-order valence-corrected chi connectivity index (χ1v) is 10.9. The van der Waals surface area contributed by atoms with Gasteiger partial charge >= 0.3 is 0 Å². The molecule has 0 fully saturated rings. The molecule has 0 aliphatic heterocycles. The molecule has 0 radical (unpaired) electrons. The third-order valence-corrected chi connectivity index (χ3v) is 4.97. The first-order valence-electron chi connectivity index (χ1n) is 10.1. The Kier molecular flexibility index (Phi) is 9.84. The number of carbonyl (C=O) groups is 2. The summed E-state index contributed by atoms with van der Waals surface area (Å²) in [7, 11) is 3.20. The third kappa shape index (κ3) is 8.10. The predicted molar refractivity (Wildman–Crippen MR) is 133 cm³/mol. The van der Waals surface area contributed by atoms with Crippen molar-refractivity contribution in [3.8, 4) is 22.8 Å². The van der Waals surface area contributed by atoms with Gasteiger partial charge in [0.1, 0.15) is 11.5 Å². The molecule has 34 heavy (non-hydrogen) atoms. The molecule has 180 valence electrons. The zero-order chi connectivity index (χ0) is 25.1. The summed E-state index contributed by atoms with van der Waals surface area (Å²) in [6, 6.07) is 13.0. The molecule has 0 saturated heterocycles.